The smallest absolute Gasteiger partial charge is 0.341 e. The van der Waals surface area contributed by atoms with E-state index in [4.69, 9.17) is 50.7 Å². The molecule has 5 rings (SSSR count). The Morgan fingerprint density at radius 2 is 1.62 bits per heavy atom. The van der Waals surface area contributed by atoms with Gasteiger partial charge in [0.25, 0.3) is 5.91 Å². The van der Waals surface area contributed by atoms with Crippen molar-refractivity contribution in [2.45, 2.75) is 40.2 Å². The number of carbonyl (C=O) groups is 4. The maximum atomic E-state index is 12.9. The molecule has 1 aromatic carbocycles. The fourth-order valence-electron chi connectivity index (χ4n) is 4.20. The molecule has 14 nitrogen and oxygen atoms in total. The third-order valence-corrected chi connectivity index (χ3v) is 8.21. The number of ether oxygens (including phenoxy) is 1. The van der Waals surface area contributed by atoms with Crippen LogP contribution < -0.4 is 15.8 Å². The second-order valence-electron chi connectivity index (χ2n) is 11.2. The van der Waals surface area contributed by atoms with Gasteiger partial charge in [0, 0.05) is 17.8 Å². The maximum Gasteiger partial charge on any atom is 0.341 e. The molecule has 0 bridgehead atoms. The average molecular weight is 752 g/mol. The molecule has 1 aliphatic rings. The van der Waals surface area contributed by atoms with Crippen molar-refractivity contribution in [3.8, 4) is 5.88 Å². The molecule has 4 aromatic rings. The molecule has 1 amide bonds. The van der Waals surface area contributed by atoms with E-state index in [0.29, 0.717) is 5.52 Å². The summed E-state index contributed by atoms with van der Waals surface area (Å²) in [7, 11) is 0. The number of nitrogens with zero attached hydrogens (tertiary/aromatic N) is 4. The molecule has 1 atom stereocenters. The number of halogens is 4. The Morgan fingerprint density at radius 3 is 2.18 bits per heavy atom. The number of carboxylic acid groups (broad SMARTS) is 3. The summed E-state index contributed by atoms with van der Waals surface area (Å²) in [6.07, 6.45) is 3.19. The standard InChI is InChI=1S/C14H17N3O3.C11H8ClNO2.C7H5Cl2FN2O3/c1-7(2)14(4)13(20)16-11(17-14)10-9(12(18)19)5-8(3)6-15-10;1-6-4-7-2-3-8(12)9(11(14)15)10(7)13-5-6;8-3-5(11)4(9)7(12-6(3)10)15-1-2(13)14/h5-7H,1-4H3,(H,18,19)(H,16,17,20);2-5H,1H3,(H,14,15);1H2,(H2,11,12)(H,13,14). The van der Waals surface area contributed by atoms with Crippen LogP contribution in [0, 0.1) is 25.7 Å². The van der Waals surface area contributed by atoms with Gasteiger partial charge in [-0.1, -0.05) is 54.7 Å². The lowest BCUT2D eigenvalue weighted by Crippen LogP contribution is -2.41. The fourth-order valence-corrected chi connectivity index (χ4v) is 4.81. The Hall–Kier alpha value is -5.12. The number of nitrogens with one attached hydrogen (secondary N) is 1. The highest BCUT2D eigenvalue weighted by molar-refractivity contribution is 6.39. The number of aliphatic imine (C=N–C) groups is 1. The minimum atomic E-state index is -1.25. The second-order valence-corrected chi connectivity index (χ2v) is 12.3. The lowest BCUT2D eigenvalue weighted by Gasteiger charge is -2.21. The van der Waals surface area contributed by atoms with E-state index in [1.165, 1.54) is 6.07 Å². The molecule has 0 saturated heterocycles. The van der Waals surface area contributed by atoms with Gasteiger partial charge in [-0.15, -0.1) is 0 Å². The molecule has 0 aliphatic carbocycles. The van der Waals surface area contributed by atoms with Crippen LogP contribution in [-0.2, 0) is 9.59 Å². The highest BCUT2D eigenvalue weighted by Gasteiger charge is 2.43. The maximum absolute atomic E-state index is 12.9. The lowest BCUT2D eigenvalue weighted by atomic mass is 9.89. The van der Waals surface area contributed by atoms with Crippen molar-refractivity contribution in [3.63, 3.8) is 0 Å². The molecule has 50 heavy (non-hydrogen) atoms. The number of aliphatic carboxylic acids is 1. The Kier molecular flexibility index (Phi) is 12.6. The SMILES string of the molecule is Cc1cnc(C2=NC(C)(C(C)C)C(=O)N2)c(C(=O)O)c1.Cc1cnc2c(C(=O)O)c(Cl)ccc2c1.Nc1c(Cl)c(F)nc(OCC(=O)O)c1Cl. The summed E-state index contributed by atoms with van der Waals surface area (Å²) in [5.41, 5.74) is 6.64. The van der Waals surface area contributed by atoms with Gasteiger partial charge < -0.3 is 31.1 Å². The largest absolute Gasteiger partial charge is 0.479 e. The van der Waals surface area contributed by atoms with Crippen molar-refractivity contribution in [2.24, 2.45) is 10.9 Å². The monoisotopic (exact) mass is 750 g/mol. The van der Waals surface area contributed by atoms with Crippen molar-refractivity contribution < 1.29 is 43.6 Å². The predicted octanol–water partition coefficient (Wildman–Crippen LogP) is 5.85. The Balaban J connectivity index is 0.000000206. The number of amides is 1. The van der Waals surface area contributed by atoms with Crippen molar-refractivity contribution in [1.82, 2.24) is 20.3 Å². The van der Waals surface area contributed by atoms with E-state index < -0.39 is 46.9 Å². The minimum absolute atomic E-state index is 0.00118. The van der Waals surface area contributed by atoms with Gasteiger partial charge in [0.05, 0.1) is 21.8 Å². The number of anilines is 1. The van der Waals surface area contributed by atoms with Crippen LogP contribution in [0.5, 0.6) is 5.88 Å². The molecule has 0 spiro atoms. The Labute approximate surface area is 299 Å². The zero-order valence-corrected chi connectivity index (χ0v) is 29.3. The number of aromatic nitrogens is 3. The van der Waals surface area contributed by atoms with Crippen LogP contribution in [0.3, 0.4) is 0 Å². The minimum Gasteiger partial charge on any atom is -0.479 e. The summed E-state index contributed by atoms with van der Waals surface area (Å²) in [5, 5.41) is 29.6. The van der Waals surface area contributed by atoms with Gasteiger partial charge in [0.1, 0.15) is 26.8 Å². The quantitative estimate of drug-likeness (QED) is 0.140. The predicted molar refractivity (Wildman–Crippen MR) is 184 cm³/mol. The molecule has 4 heterocycles. The fraction of sp³-hybridized carbons (Fsp3) is 0.250. The van der Waals surface area contributed by atoms with Gasteiger partial charge in [0.2, 0.25) is 11.8 Å². The number of hydrogen-bond donors (Lipinski definition) is 5. The highest BCUT2D eigenvalue weighted by Crippen LogP contribution is 2.35. The number of nitrogens with two attached hydrogens (primary N) is 1. The number of rotatable bonds is 7. The van der Waals surface area contributed by atoms with Crippen LogP contribution in [-0.4, -0.2) is 72.1 Å². The van der Waals surface area contributed by atoms with Crippen molar-refractivity contribution >= 4 is 81.0 Å². The Morgan fingerprint density at radius 1 is 1.00 bits per heavy atom. The van der Waals surface area contributed by atoms with Crippen LogP contribution in [0.1, 0.15) is 58.3 Å². The number of carboxylic acids is 3. The number of benzene rings is 1. The number of nitrogen functional groups attached to an aromatic ring is 1. The van der Waals surface area contributed by atoms with E-state index in [9.17, 15) is 28.7 Å². The van der Waals surface area contributed by atoms with Gasteiger partial charge in [-0.25, -0.2) is 19.4 Å². The Bertz CT molecular complexity index is 2050. The van der Waals surface area contributed by atoms with E-state index in [-0.39, 0.29) is 50.2 Å². The van der Waals surface area contributed by atoms with Crippen LogP contribution in [0.25, 0.3) is 10.9 Å². The van der Waals surface area contributed by atoms with Gasteiger partial charge in [-0.2, -0.15) is 9.37 Å². The molecule has 1 aliphatic heterocycles. The van der Waals surface area contributed by atoms with Gasteiger partial charge >= 0.3 is 17.9 Å². The molecule has 18 heteroatoms. The third-order valence-electron chi connectivity index (χ3n) is 7.17. The number of aromatic carboxylic acids is 2. The number of hydrogen-bond acceptors (Lipinski definition) is 10. The van der Waals surface area contributed by atoms with Crippen LogP contribution in [0.2, 0.25) is 15.1 Å². The molecule has 1 unspecified atom stereocenters. The summed E-state index contributed by atoms with van der Waals surface area (Å²) in [4.78, 5) is 60.3. The number of aryl methyl sites for hydroxylation is 2. The van der Waals surface area contributed by atoms with Crippen molar-refractivity contribution in [3.05, 3.63) is 85.6 Å². The van der Waals surface area contributed by atoms with Gasteiger partial charge in [-0.05, 0) is 56.0 Å². The summed E-state index contributed by atoms with van der Waals surface area (Å²) >= 11 is 16.8. The first-order valence-corrected chi connectivity index (χ1v) is 15.5. The zero-order valence-electron chi connectivity index (χ0n) is 27.0. The molecular formula is C32H30Cl3FN6O8. The van der Waals surface area contributed by atoms with Gasteiger partial charge in [-0.3, -0.25) is 14.8 Å². The molecule has 0 radical (unpaired) electrons. The number of fused-ring (bicyclic) bond motifs is 1. The number of pyridine rings is 3. The number of carbonyl (C=O) groups excluding carboxylic acids is 1. The topological polar surface area (TPSA) is 227 Å². The molecular weight excluding hydrogens is 722 g/mol. The first-order chi connectivity index (χ1) is 23.3. The third kappa shape index (κ3) is 8.91. The van der Waals surface area contributed by atoms with Crippen LogP contribution in [0.15, 0.2) is 41.7 Å². The zero-order chi connectivity index (χ0) is 37.7. The molecule has 3 aromatic heterocycles. The lowest BCUT2D eigenvalue weighted by molar-refractivity contribution is -0.139. The molecule has 0 saturated carbocycles. The molecule has 6 N–H and O–H groups in total. The average Bonchev–Trinajstić information content (AvgIpc) is 3.36. The van der Waals surface area contributed by atoms with Crippen LogP contribution >= 0.6 is 34.8 Å². The first kappa shape index (κ1) is 39.3. The van der Waals surface area contributed by atoms with Gasteiger partial charge in [0.15, 0.2) is 12.4 Å². The van der Waals surface area contributed by atoms with E-state index in [0.717, 1.165) is 16.5 Å². The van der Waals surface area contributed by atoms with Crippen LogP contribution in [0.4, 0.5) is 10.1 Å². The first-order valence-electron chi connectivity index (χ1n) is 14.3. The second kappa shape index (κ2) is 16.1. The van der Waals surface area contributed by atoms with E-state index in [1.54, 1.807) is 38.4 Å². The highest BCUT2D eigenvalue weighted by atomic mass is 35.5. The van der Waals surface area contributed by atoms with Crippen molar-refractivity contribution in [2.75, 3.05) is 12.3 Å². The van der Waals surface area contributed by atoms with E-state index in [1.807, 2.05) is 26.8 Å². The molecule has 264 valence electrons. The normalized spacial score (nSPS) is 14.9. The summed E-state index contributed by atoms with van der Waals surface area (Å²) < 4.78 is 17.5. The van der Waals surface area contributed by atoms with E-state index in [2.05, 4.69) is 30.0 Å². The summed E-state index contributed by atoms with van der Waals surface area (Å²) in [6, 6.07) is 6.74. The summed E-state index contributed by atoms with van der Waals surface area (Å²) in [5.74, 6) is -4.88. The number of amidine groups is 1. The van der Waals surface area contributed by atoms with E-state index >= 15 is 0 Å². The summed E-state index contributed by atoms with van der Waals surface area (Å²) in [6.45, 7) is 8.49. The molecule has 0 fully saturated rings. The van der Waals surface area contributed by atoms with Crippen molar-refractivity contribution in [1.29, 1.82) is 0 Å².